The Balaban J connectivity index is 1.73. The standard InChI is InChI=1S/C19H19ClN2OS3/c1-19(2,23)9-8-15-6-7-16(26-15)17-22(10-11-25-17)18(24)21-14-5-3-4-13(20)12-14/h3-7,12,17,23H,10-11H2,1-2H3,(H,21,24)/t17-/m1/s1. The summed E-state index contributed by atoms with van der Waals surface area (Å²) >= 11 is 15.2. The smallest absolute Gasteiger partial charge is 0.174 e. The molecule has 3 rings (SSSR count). The molecule has 1 fully saturated rings. The third kappa shape index (κ3) is 5.15. The average Bonchev–Trinajstić information content (AvgIpc) is 3.21. The summed E-state index contributed by atoms with van der Waals surface area (Å²) in [5.41, 5.74) is -0.0955. The van der Waals surface area contributed by atoms with Crippen LogP contribution >= 0.6 is 46.9 Å². The van der Waals surface area contributed by atoms with Crippen LogP contribution in [0.3, 0.4) is 0 Å². The topological polar surface area (TPSA) is 35.5 Å². The number of nitrogens with zero attached hydrogens (tertiary/aromatic N) is 1. The second-order valence-electron chi connectivity index (χ2n) is 6.37. The van der Waals surface area contributed by atoms with E-state index in [0.717, 1.165) is 22.9 Å². The van der Waals surface area contributed by atoms with Gasteiger partial charge in [0.05, 0.1) is 4.88 Å². The molecule has 0 aliphatic carbocycles. The van der Waals surface area contributed by atoms with Crippen LogP contribution in [0.4, 0.5) is 5.69 Å². The Hall–Kier alpha value is -1.23. The lowest BCUT2D eigenvalue weighted by atomic mass is 10.1. The first-order valence-corrected chi connectivity index (χ1v) is 10.8. The molecule has 0 unspecified atom stereocenters. The van der Waals surface area contributed by atoms with Gasteiger partial charge in [-0.1, -0.05) is 29.5 Å². The van der Waals surface area contributed by atoms with E-state index in [-0.39, 0.29) is 5.37 Å². The first-order valence-electron chi connectivity index (χ1n) is 8.12. The fraction of sp³-hybridized carbons (Fsp3) is 0.316. The first kappa shape index (κ1) is 19.5. The Morgan fingerprint density at radius 2 is 2.19 bits per heavy atom. The largest absolute Gasteiger partial charge is 0.378 e. The SMILES string of the molecule is CC(C)(O)C#Cc1ccc([C@H]2SCCN2C(=S)Nc2cccc(Cl)c2)s1. The summed E-state index contributed by atoms with van der Waals surface area (Å²) < 4.78 is 0. The van der Waals surface area contributed by atoms with Crippen molar-refractivity contribution >= 4 is 57.7 Å². The second kappa shape index (κ2) is 8.20. The van der Waals surface area contributed by atoms with Crippen LogP contribution in [0.2, 0.25) is 5.02 Å². The molecule has 2 heterocycles. The summed E-state index contributed by atoms with van der Waals surface area (Å²) in [5.74, 6) is 6.92. The van der Waals surface area contributed by atoms with Crippen molar-refractivity contribution in [2.45, 2.75) is 24.8 Å². The Morgan fingerprint density at radius 1 is 1.38 bits per heavy atom. The molecule has 136 valence electrons. The van der Waals surface area contributed by atoms with Gasteiger partial charge in [-0.05, 0) is 56.4 Å². The van der Waals surface area contributed by atoms with Crippen molar-refractivity contribution in [3.8, 4) is 11.8 Å². The van der Waals surface area contributed by atoms with Crippen molar-refractivity contribution < 1.29 is 5.11 Å². The van der Waals surface area contributed by atoms with Gasteiger partial charge in [-0.3, -0.25) is 0 Å². The van der Waals surface area contributed by atoms with E-state index in [1.54, 1.807) is 25.2 Å². The van der Waals surface area contributed by atoms with Crippen molar-refractivity contribution in [3.63, 3.8) is 0 Å². The molecule has 2 N–H and O–H groups in total. The van der Waals surface area contributed by atoms with Crippen LogP contribution in [0.5, 0.6) is 0 Å². The van der Waals surface area contributed by atoms with E-state index in [0.29, 0.717) is 10.1 Å². The predicted octanol–water partition coefficient (Wildman–Crippen LogP) is 4.97. The molecule has 0 saturated carbocycles. The zero-order valence-corrected chi connectivity index (χ0v) is 17.7. The van der Waals surface area contributed by atoms with E-state index in [1.165, 1.54) is 4.88 Å². The molecular formula is C19H19ClN2OS3. The van der Waals surface area contributed by atoms with Gasteiger partial charge in [0.25, 0.3) is 0 Å². The van der Waals surface area contributed by atoms with Gasteiger partial charge < -0.3 is 15.3 Å². The zero-order chi connectivity index (χ0) is 18.7. The van der Waals surface area contributed by atoms with Crippen LogP contribution in [-0.2, 0) is 0 Å². The maximum Gasteiger partial charge on any atom is 0.174 e. The first-order chi connectivity index (χ1) is 12.3. The van der Waals surface area contributed by atoms with E-state index in [4.69, 9.17) is 23.8 Å². The highest BCUT2D eigenvalue weighted by atomic mass is 35.5. The average molecular weight is 423 g/mol. The molecule has 1 aliphatic rings. The van der Waals surface area contributed by atoms with E-state index in [9.17, 15) is 5.11 Å². The van der Waals surface area contributed by atoms with Crippen molar-refractivity contribution in [2.75, 3.05) is 17.6 Å². The second-order valence-corrected chi connectivity index (χ2v) is 9.49. The molecule has 7 heteroatoms. The number of anilines is 1. The number of thioether (sulfide) groups is 1. The fourth-order valence-electron chi connectivity index (χ4n) is 2.44. The molecule has 1 aromatic heterocycles. The van der Waals surface area contributed by atoms with Gasteiger partial charge in [0.15, 0.2) is 5.11 Å². The highest BCUT2D eigenvalue weighted by molar-refractivity contribution is 7.99. The summed E-state index contributed by atoms with van der Waals surface area (Å²) in [4.78, 5) is 4.35. The van der Waals surface area contributed by atoms with Gasteiger partial charge in [-0.25, -0.2) is 0 Å². The minimum absolute atomic E-state index is 0.178. The molecule has 3 nitrogen and oxygen atoms in total. The van der Waals surface area contributed by atoms with Crippen LogP contribution in [0.15, 0.2) is 36.4 Å². The molecule has 0 amide bonds. The summed E-state index contributed by atoms with van der Waals surface area (Å²) in [6, 6.07) is 11.6. The van der Waals surface area contributed by atoms with Crippen LogP contribution < -0.4 is 5.32 Å². The van der Waals surface area contributed by atoms with Crippen molar-refractivity contribution in [1.82, 2.24) is 4.90 Å². The lowest BCUT2D eigenvalue weighted by molar-refractivity contribution is 0.143. The number of halogens is 1. The third-order valence-corrected chi connectivity index (χ3v) is 6.61. The summed E-state index contributed by atoms with van der Waals surface area (Å²) in [6.45, 7) is 4.26. The molecule has 1 aliphatic heterocycles. The van der Waals surface area contributed by atoms with Gasteiger partial charge in [0, 0.05) is 27.9 Å². The molecule has 1 aromatic carbocycles. The van der Waals surface area contributed by atoms with Gasteiger partial charge in [-0.15, -0.1) is 23.1 Å². The van der Waals surface area contributed by atoms with Crippen LogP contribution in [0.25, 0.3) is 0 Å². The monoisotopic (exact) mass is 422 g/mol. The number of benzene rings is 1. The minimum Gasteiger partial charge on any atom is -0.378 e. The molecule has 26 heavy (non-hydrogen) atoms. The number of rotatable bonds is 2. The maximum atomic E-state index is 9.76. The number of thiocarbonyl (C=S) groups is 1. The summed E-state index contributed by atoms with van der Waals surface area (Å²) in [5, 5.41) is 14.6. The van der Waals surface area contributed by atoms with Crippen molar-refractivity contribution in [3.05, 3.63) is 51.2 Å². The normalized spacial score (nSPS) is 16.9. The number of aliphatic hydroxyl groups is 1. The highest BCUT2D eigenvalue weighted by Crippen LogP contribution is 2.41. The molecule has 1 saturated heterocycles. The number of hydrogen-bond acceptors (Lipinski definition) is 4. The van der Waals surface area contributed by atoms with E-state index in [1.807, 2.05) is 42.1 Å². The quantitative estimate of drug-likeness (QED) is 0.527. The van der Waals surface area contributed by atoms with Crippen LogP contribution in [0, 0.1) is 11.8 Å². The van der Waals surface area contributed by atoms with Gasteiger partial charge in [-0.2, -0.15) is 0 Å². The molecule has 0 radical (unpaired) electrons. The Kier molecular flexibility index (Phi) is 6.16. The Bertz CT molecular complexity index is 863. The van der Waals surface area contributed by atoms with E-state index < -0.39 is 5.60 Å². The predicted molar refractivity (Wildman–Crippen MR) is 117 cm³/mol. The summed E-state index contributed by atoms with van der Waals surface area (Å²) in [6.07, 6.45) is 0. The van der Waals surface area contributed by atoms with E-state index >= 15 is 0 Å². The Labute approximate surface area is 172 Å². The zero-order valence-electron chi connectivity index (χ0n) is 14.5. The molecule has 0 bridgehead atoms. The maximum absolute atomic E-state index is 9.76. The minimum atomic E-state index is -0.985. The van der Waals surface area contributed by atoms with Gasteiger partial charge in [0.1, 0.15) is 11.0 Å². The van der Waals surface area contributed by atoms with Crippen LogP contribution in [-0.4, -0.2) is 33.0 Å². The molecule has 2 aromatic rings. The molecular weight excluding hydrogens is 404 g/mol. The van der Waals surface area contributed by atoms with Gasteiger partial charge in [0.2, 0.25) is 0 Å². The van der Waals surface area contributed by atoms with Crippen molar-refractivity contribution in [1.29, 1.82) is 0 Å². The molecule has 0 spiro atoms. The van der Waals surface area contributed by atoms with E-state index in [2.05, 4.69) is 28.1 Å². The number of nitrogens with one attached hydrogen (secondary N) is 1. The van der Waals surface area contributed by atoms with Crippen LogP contribution in [0.1, 0.15) is 29.0 Å². The van der Waals surface area contributed by atoms with Crippen molar-refractivity contribution in [2.24, 2.45) is 0 Å². The lowest BCUT2D eigenvalue weighted by Gasteiger charge is -2.26. The lowest BCUT2D eigenvalue weighted by Crippen LogP contribution is -2.33. The van der Waals surface area contributed by atoms with Gasteiger partial charge >= 0.3 is 0 Å². The molecule has 1 atom stereocenters. The number of hydrogen-bond donors (Lipinski definition) is 2. The highest BCUT2D eigenvalue weighted by Gasteiger charge is 2.29. The Morgan fingerprint density at radius 3 is 2.92 bits per heavy atom. The summed E-state index contributed by atoms with van der Waals surface area (Å²) in [7, 11) is 0. The fourth-order valence-corrected chi connectivity index (χ4v) is 5.38. The third-order valence-electron chi connectivity index (χ3n) is 3.59. The number of thiophene rings is 1.